The number of rotatable bonds is 3. The number of nitrogens with zero attached hydrogens (tertiary/aromatic N) is 2. The second-order valence-corrected chi connectivity index (χ2v) is 7.28. The first kappa shape index (κ1) is 14.1. The van der Waals surface area contributed by atoms with Gasteiger partial charge in [0.25, 0.3) is 0 Å². The van der Waals surface area contributed by atoms with Gasteiger partial charge in [-0.2, -0.15) is 11.8 Å². The van der Waals surface area contributed by atoms with E-state index in [0.717, 1.165) is 22.4 Å². The van der Waals surface area contributed by atoms with Crippen LogP contribution in [-0.4, -0.2) is 15.7 Å². The summed E-state index contributed by atoms with van der Waals surface area (Å²) in [6.07, 6.45) is 4.70. The molecule has 1 aromatic heterocycles. The van der Waals surface area contributed by atoms with E-state index in [-0.39, 0.29) is 0 Å². The van der Waals surface area contributed by atoms with E-state index in [1.54, 1.807) is 0 Å². The van der Waals surface area contributed by atoms with Crippen molar-refractivity contribution in [3.05, 3.63) is 16.0 Å². The van der Waals surface area contributed by atoms with Gasteiger partial charge in [0.1, 0.15) is 11.6 Å². The topological polar surface area (TPSA) is 51.8 Å². The van der Waals surface area contributed by atoms with Crippen molar-refractivity contribution in [3.63, 3.8) is 0 Å². The van der Waals surface area contributed by atoms with Crippen LogP contribution in [-0.2, 0) is 6.42 Å². The third kappa shape index (κ3) is 3.38. The average Bonchev–Trinajstić information content (AvgIpc) is 2.35. The first-order valence-corrected chi connectivity index (χ1v) is 8.35. The fourth-order valence-electron chi connectivity index (χ4n) is 2.14. The highest BCUT2D eigenvalue weighted by Crippen LogP contribution is 2.38. The Morgan fingerprint density at radius 3 is 2.78 bits per heavy atom. The molecule has 1 aliphatic heterocycles. The molecule has 1 aromatic rings. The highest BCUT2D eigenvalue weighted by molar-refractivity contribution is 9.10. The van der Waals surface area contributed by atoms with Gasteiger partial charge in [-0.05, 0) is 46.9 Å². The Labute approximate surface area is 121 Å². The van der Waals surface area contributed by atoms with E-state index >= 15 is 0 Å². The molecule has 100 valence electrons. The number of thioether (sulfide) groups is 1. The molecule has 0 bridgehead atoms. The average molecular weight is 330 g/mol. The molecule has 3 nitrogen and oxygen atoms in total. The van der Waals surface area contributed by atoms with Crippen LogP contribution in [0.4, 0.5) is 5.82 Å². The number of anilines is 1. The Morgan fingerprint density at radius 2 is 2.17 bits per heavy atom. The van der Waals surface area contributed by atoms with E-state index < -0.39 is 0 Å². The lowest BCUT2D eigenvalue weighted by molar-refractivity contribution is 0.618. The van der Waals surface area contributed by atoms with Gasteiger partial charge in [-0.3, -0.25) is 0 Å². The van der Waals surface area contributed by atoms with Crippen LogP contribution in [0.1, 0.15) is 49.9 Å². The summed E-state index contributed by atoms with van der Waals surface area (Å²) in [7, 11) is 0. The van der Waals surface area contributed by atoms with Crippen molar-refractivity contribution in [2.45, 2.75) is 44.8 Å². The van der Waals surface area contributed by atoms with Crippen LogP contribution in [0.25, 0.3) is 0 Å². The lowest BCUT2D eigenvalue weighted by atomic mass is 10.1. The van der Waals surface area contributed by atoms with Crippen LogP contribution in [0, 0.1) is 5.92 Å². The summed E-state index contributed by atoms with van der Waals surface area (Å²) in [4.78, 5) is 9.20. The van der Waals surface area contributed by atoms with Crippen LogP contribution < -0.4 is 5.73 Å². The second-order valence-electron chi connectivity index (χ2n) is 5.18. The fourth-order valence-corrected chi connectivity index (χ4v) is 3.73. The normalized spacial score (nSPS) is 20.3. The summed E-state index contributed by atoms with van der Waals surface area (Å²) < 4.78 is 0.876. The molecule has 2 N–H and O–H groups in total. The summed E-state index contributed by atoms with van der Waals surface area (Å²) in [6.45, 7) is 4.39. The Morgan fingerprint density at radius 1 is 1.39 bits per heavy atom. The van der Waals surface area contributed by atoms with Crippen molar-refractivity contribution in [1.82, 2.24) is 9.97 Å². The molecule has 1 unspecified atom stereocenters. The van der Waals surface area contributed by atoms with Gasteiger partial charge in [-0.15, -0.1) is 0 Å². The molecule has 18 heavy (non-hydrogen) atoms. The standard InChI is InChI=1S/C13H20BrN3S/c1-8(2)7-9-11(14)12(15)17-13(16-9)10-5-3-4-6-18-10/h8,10H,3-7H2,1-2H3,(H2,15,16,17). The molecule has 2 heterocycles. The molecular formula is C13H20BrN3S. The zero-order valence-electron chi connectivity index (χ0n) is 10.9. The molecule has 1 atom stereocenters. The number of halogens is 1. The lowest BCUT2D eigenvalue weighted by Gasteiger charge is -2.21. The van der Waals surface area contributed by atoms with E-state index in [9.17, 15) is 0 Å². The third-order valence-corrected chi connectivity index (χ3v) is 5.27. The van der Waals surface area contributed by atoms with Crippen LogP contribution in [0.2, 0.25) is 0 Å². The molecule has 0 spiro atoms. The predicted octanol–water partition coefficient (Wildman–Crippen LogP) is 3.98. The van der Waals surface area contributed by atoms with E-state index in [2.05, 4.69) is 34.8 Å². The molecule has 1 saturated heterocycles. The molecule has 0 aromatic carbocycles. The van der Waals surface area contributed by atoms with Gasteiger partial charge in [0.05, 0.1) is 15.4 Å². The highest BCUT2D eigenvalue weighted by atomic mass is 79.9. The van der Waals surface area contributed by atoms with Crippen molar-refractivity contribution < 1.29 is 0 Å². The number of aromatic nitrogens is 2. The summed E-state index contributed by atoms with van der Waals surface area (Å²) >= 11 is 5.47. The fraction of sp³-hybridized carbons (Fsp3) is 0.692. The van der Waals surface area contributed by atoms with E-state index in [0.29, 0.717) is 17.0 Å². The zero-order chi connectivity index (χ0) is 13.1. The van der Waals surface area contributed by atoms with Crippen molar-refractivity contribution in [3.8, 4) is 0 Å². The Hall–Kier alpha value is -0.290. The largest absolute Gasteiger partial charge is 0.383 e. The number of nitrogens with two attached hydrogens (primary N) is 1. The Bertz CT molecular complexity index is 417. The smallest absolute Gasteiger partial charge is 0.144 e. The van der Waals surface area contributed by atoms with Crippen LogP contribution in [0.15, 0.2) is 4.47 Å². The van der Waals surface area contributed by atoms with Crippen molar-refractivity contribution >= 4 is 33.5 Å². The van der Waals surface area contributed by atoms with Gasteiger partial charge in [0, 0.05) is 0 Å². The minimum atomic E-state index is 0.431. The van der Waals surface area contributed by atoms with Gasteiger partial charge in [-0.1, -0.05) is 20.3 Å². The maximum atomic E-state index is 6.00. The minimum absolute atomic E-state index is 0.431. The maximum absolute atomic E-state index is 6.00. The van der Waals surface area contributed by atoms with Crippen molar-refractivity contribution in [2.24, 2.45) is 5.92 Å². The van der Waals surface area contributed by atoms with Crippen LogP contribution >= 0.6 is 27.7 Å². The Kier molecular flexibility index (Phi) is 4.90. The first-order valence-electron chi connectivity index (χ1n) is 6.51. The molecule has 1 aliphatic rings. The quantitative estimate of drug-likeness (QED) is 0.911. The van der Waals surface area contributed by atoms with Gasteiger partial charge >= 0.3 is 0 Å². The molecule has 5 heteroatoms. The molecule has 2 rings (SSSR count). The van der Waals surface area contributed by atoms with Gasteiger partial charge < -0.3 is 5.73 Å². The molecule has 0 aliphatic carbocycles. The number of nitrogen functional groups attached to an aromatic ring is 1. The molecule has 0 amide bonds. The van der Waals surface area contributed by atoms with Gasteiger partial charge in [0.15, 0.2) is 0 Å². The summed E-state index contributed by atoms with van der Waals surface area (Å²) in [5, 5.41) is 0.431. The number of hydrogen-bond acceptors (Lipinski definition) is 4. The summed E-state index contributed by atoms with van der Waals surface area (Å²) in [5.41, 5.74) is 7.05. The molecule has 1 fully saturated rings. The van der Waals surface area contributed by atoms with Crippen molar-refractivity contribution in [2.75, 3.05) is 11.5 Å². The monoisotopic (exact) mass is 329 g/mol. The van der Waals surface area contributed by atoms with Gasteiger partial charge in [-0.25, -0.2) is 9.97 Å². The van der Waals surface area contributed by atoms with Crippen LogP contribution in [0.5, 0.6) is 0 Å². The minimum Gasteiger partial charge on any atom is -0.383 e. The SMILES string of the molecule is CC(C)Cc1nc(C2CCCCS2)nc(N)c1Br. The third-order valence-electron chi connectivity index (χ3n) is 3.03. The molecule has 0 radical (unpaired) electrons. The second kappa shape index (κ2) is 6.24. The van der Waals surface area contributed by atoms with E-state index in [1.807, 2.05) is 11.8 Å². The lowest BCUT2D eigenvalue weighted by Crippen LogP contribution is -2.12. The molecule has 0 saturated carbocycles. The summed E-state index contributed by atoms with van der Waals surface area (Å²) in [6, 6.07) is 0. The molecular weight excluding hydrogens is 310 g/mol. The van der Waals surface area contributed by atoms with E-state index in [4.69, 9.17) is 10.7 Å². The number of hydrogen-bond donors (Lipinski definition) is 1. The van der Waals surface area contributed by atoms with Crippen LogP contribution in [0.3, 0.4) is 0 Å². The van der Waals surface area contributed by atoms with Gasteiger partial charge in [0.2, 0.25) is 0 Å². The predicted molar refractivity (Wildman–Crippen MR) is 81.7 cm³/mol. The zero-order valence-corrected chi connectivity index (χ0v) is 13.4. The summed E-state index contributed by atoms with van der Waals surface area (Å²) in [5.74, 6) is 3.30. The van der Waals surface area contributed by atoms with Crippen molar-refractivity contribution in [1.29, 1.82) is 0 Å². The maximum Gasteiger partial charge on any atom is 0.144 e. The first-order chi connectivity index (χ1) is 8.58. The Balaban J connectivity index is 2.27. The highest BCUT2D eigenvalue weighted by Gasteiger charge is 2.21. The van der Waals surface area contributed by atoms with E-state index in [1.165, 1.54) is 25.0 Å².